The van der Waals surface area contributed by atoms with Gasteiger partial charge in [-0.05, 0) is 25.0 Å². The predicted molar refractivity (Wildman–Crippen MR) is 70.1 cm³/mol. The monoisotopic (exact) mass is 281 g/mol. The second-order valence-corrected chi connectivity index (χ2v) is 4.89. The number of amidine groups is 1. The van der Waals surface area contributed by atoms with Gasteiger partial charge < -0.3 is 21.4 Å². The van der Waals surface area contributed by atoms with Crippen LogP contribution in [0, 0.1) is 5.82 Å². The molecule has 1 aliphatic carbocycles. The zero-order chi connectivity index (χ0) is 14.8. The number of aromatic hydroxyl groups is 1. The van der Waals surface area contributed by atoms with Crippen LogP contribution in [0.15, 0.2) is 23.4 Å². The number of nitrogens with one attached hydrogen (secondary N) is 1. The summed E-state index contributed by atoms with van der Waals surface area (Å²) in [5.74, 6) is -1.73. The molecule has 5 N–H and O–H groups in total. The number of hydrogen-bond donors (Lipinski definition) is 4. The third kappa shape index (κ3) is 2.52. The van der Waals surface area contributed by atoms with Gasteiger partial charge in [0.15, 0.2) is 5.84 Å². The van der Waals surface area contributed by atoms with E-state index < -0.39 is 23.0 Å². The highest BCUT2D eigenvalue weighted by Gasteiger charge is 2.40. The van der Waals surface area contributed by atoms with E-state index in [1.165, 1.54) is 6.07 Å². The number of benzene rings is 1. The third-order valence-electron chi connectivity index (χ3n) is 3.61. The Balaban J connectivity index is 2.25. The fraction of sp³-hybridized carbons (Fsp3) is 0.385. The van der Waals surface area contributed by atoms with Gasteiger partial charge in [0.1, 0.15) is 17.1 Å². The molecule has 0 unspecified atom stereocenters. The van der Waals surface area contributed by atoms with Crippen molar-refractivity contribution in [2.45, 2.75) is 31.2 Å². The molecule has 0 heterocycles. The molecule has 0 radical (unpaired) electrons. The Bertz CT molecular complexity index is 554. The van der Waals surface area contributed by atoms with E-state index in [9.17, 15) is 14.3 Å². The fourth-order valence-electron chi connectivity index (χ4n) is 2.50. The van der Waals surface area contributed by atoms with Gasteiger partial charge in [0.25, 0.3) is 5.91 Å². The number of nitrogens with two attached hydrogens (primary N) is 1. The summed E-state index contributed by atoms with van der Waals surface area (Å²) in [5.41, 5.74) is 4.70. The Morgan fingerprint density at radius 3 is 2.60 bits per heavy atom. The molecule has 1 fully saturated rings. The van der Waals surface area contributed by atoms with Gasteiger partial charge in [0, 0.05) is 6.07 Å². The molecule has 0 bridgehead atoms. The number of hydrogen-bond acceptors (Lipinski definition) is 4. The van der Waals surface area contributed by atoms with Gasteiger partial charge in [-0.25, -0.2) is 4.39 Å². The molecule has 108 valence electrons. The minimum atomic E-state index is -0.910. The van der Waals surface area contributed by atoms with Crippen LogP contribution < -0.4 is 11.1 Å². The lowest BCUT2D eigenvalue weighted by Gasteiger charge is -2.28. The zero-order valence-electron chi connectivity index (χ0n) is 10.8. The molecule has 1 saturated carbocycles. The van der Waals surface area contributed by atoms with Crippen LogP contribution in [0.1, 0.15) is 36.0 Å². The van der Waals surface area contributed by atoms with Crippen LogP contribution in [0.25, 0.3) is 0 Å². The number of carbonyl (C=O) groups is 1. The highest BCUT2D eigenvalue weighted by atomic mass is 19.1. The van der Waals surface area contributed by atoms with Crippen LogP contribution in [0.2, 0.25) is 0 Å². The number of phenolic OH excluding ortho intramolecular Hbond substituents is 1. The Morgan fingerprint density at radius 1 is 1.40 bits per heavy atom. The van der Waals surface area contributed by atoms with Gasteiger partial charge in [0.2, 0.25) is 0 Å². The van der Waals surface area contributed by atoms with Crippen molar-refractivity contribution in [1.29, 1.82) is 0 Å². The van der Waals surface area contributed by atoms with Crippen molar-refractivity contribution in [2.24, 2.45) is 10.9 Å². The SMILES string of the molecule is N/C(=N/O)C1(NC(=O)c2ccc(F)cc2O)CCCC1. The van der Waals surface area contributed by atoms with Crippen molar-refractivity contribution in [3.8, 4) is 5.75 Å². The van der Waals surface area contributed by atoms with Crippen LogP contribution in [0.5, 0.6) is 5.75 Å². The highest BCUT2D eigenvalue weighted by molar-refractivity contribution is 6.01. The zero-order valence-corrected chi connectivity index (χ0v) is 10.8. The van der Waals surface area contributed by atoms with Crippen LogP contribution in [-0.2, 0) is 0 Å². The van der Waals surface area contributed by atoms with Crippen LogP contribution in [-0.4, -0.2) is 27.6 Å². The summed E-state index contributed by atoms with van der Waals surface area (Å²) < 4.78 is 12.9. The van der Waals surface area contributed by atoms with Crippen molar-refractivity contribution in [2.75, 3.05) is 0 Å². The Hall–Kier alpha value is -2.31. The third-order valence-corrected chi connectivity index (χ3v) is 3.61. The summed E-state index contributed by atoms with van der Waals surface area (Å²) in [7, 11) is 0. The summed E-state index contributed by atoms with van der Waals surface area (Å²) in [6.07, 6.45) is 2.78. The molecule has 0 spiro atoms. The van der Waals surface area contributed by atoms with Crippen molar-refractivity contribution in [3.63, 3.8) is 0 Å². The molecule has 7 heteroatoms. The minimum absolute atomic E-state index is 0.0524. The normalized spacial score (nSPS) is 17.9. The van der Waals surface area contributed by atoms with Crippen molar-refractivity contribution in [1.82, 2.24) is 5.32 Å². The second-order valence-electron chi connectivity index (χ2n) is 4.89. The quantitative estimate of drug-likeness (QED) is 0.290. The van der Waals surface area contributed by atoms with Crippen molar-refractivity contribution < 1.29 is 19.5 Å². The van der Waals surface area contributed by atoms with E-state index in [0.717, 1.165) is 25.0 Å². The lowest BCUT2D eigenvalue weighted by atomic mass is 9.95. The number of amides is 1. The number of oxime groups is 1. The maximum atomic E-state index is 12.9. The first-order chi connectivity index (χ1) is 9.48. The van der Waals surface area contributed by atoms with Gasteiger partial charge in [-0.15, -0.1) is 0 Å². The molecule has 0 aromatic heterocycles. The fourth-order valence-corrected chi connectivity index (χ4v) is 2.50. The molecule has 0 aliphatic heterocycles. The summed E-state index contributed by atoms with van der Waals surface area (Å²) >= 11 is 0. The first-order valence-electron chi connectivity index (χ1n) is 6.27. The molecular weight excluding hydrogens is 265 g/mol. The van der Waals surface area contributed by atoms with Crippen LogP contribution in [0.4, 0.5) is 4.39 Å². The van der Waals surface area contributed by atoms with E-state index in [1.807, 2.05) is 0 Å². The van der Waals surface area contributed by atoms with Crippen molar-refractivity contribution >= 4 is 11.7 Å². The number of phenols is 1. The van der Waals surface area contributed by atoms with Gasteiger partial charge in [-0.2, -0.15) is 0 Å². The Morgan fingerprint density at radius 2 is 2.05 bits per heavy atom. The van der Waals surface area contributed by atoms with Gasteiger partial charge in [-0.1, -0.05) is 18.0 Å². The maximum Gasteiger partial charge on any atom is 0.255 e. The average molecular weight is 281 g/mol. The van der Waals surface area contributed by atoms with Crippen LogP contribution in [0.3, 0.4) is 0 Å². The molecule has 1 aliphatic rings. The Labute approximate surface area is 115 Å². The van der Waals surface area contributed by atoms with Gasteiger partial charge in [-0.3, -0.25) is 4.79 Å². The topological polar surface area (TPSA) is 108 Å². The smallest absolute Gasteiger partial charge is 0.255 e. The van der Waals surface area contributed by atoms with E-state index >= 15 is 0 Å². The standard InChI is InChI=1S/C13H16FN3O3/c14-8-3-4-9(10(18)7-8)11(19)16-13(12(15)17-20)5-1-2-6-13/h3-4,7,18,20H,1-2,5-6H2,(H2,15,17)(H,16,19). The molecule has 1 amide bonds. The lowest BCUT2D eigenvalue weighted by Crippen LogP contribution is -2.55. The van der Waals surface area contributed by atoms with E-state index in [1.54, 1.807) is 0 Å². The molecule has 20 heavy (non-hydrogen) atoms. The largest absolute Gasteiger partial charge is 0.507 e. The molecule has 6 nitrogen and oxygen atoms in total. The average Bonchev–Trinajstić information content (AvgIpc) is 2.87. The number of nitrogens with zero attached hydrogens (tertiary/aromatic N) is 1. The predicted octanol–water partition coefficient (Wildman–Crippen LogP) is 1.32. The first kappa shape index (κ1) is 14.1. The summed E-state index contributed by atoms with van der Waals surface area (Å²) in [4.78, 5) is 12.2. The van der Waals surface area contributed by atoms with E-state index in [4.69, 9.17) is 10.9 Å². The van der Waals surface area contributed by atoms with Crippen LogP contribution >= 0.6 is 0 Å². The number of halogens is 1. The maximum absolute atomic E-state index is 12.9. The lowest BCUT2D eigenvalue weighted by molar-refractivity contribution is 0.0920. The highest BCUT2D eigenvalue weighted by Crippen LogP contribution is 2.31. The summed E-state index contributed by atoms with van der Waals surface area (Å²) in [6, 6.07) is 3.13. The van der Waals surface area contributed by atoms with E-state index in [-0.39, 0.29) is 11.4 Å². The summed E-state index contributed by atoms with van der Waals surface area (Å²) in [6.45, 7) is 0. The van der Waals surface area contributed by atoms with Gasteiger partial charge in [0.05, 0.1) is 5.56 Å². The minimum Gasteiger partial charge on any atom is -0.507 e. The molecular formula is C13H16FN3O3. The summed E-state index contributed by atoms with van der Waals surface area (Å²) in [5, 5.41) is 24.1. The van der Waals surface area contributed by atoms with Gasteiger partial charge >= 0.3 is 0 Å². The van der Waals surface area contributed by atoms with E-state index in [0.29, 0.717) is 12.8 Å². The first-order valence-corrected chi connectivity index (χ1v) is 6.27. The molecule has 2 rings (SSSR count). The molecule has 0 atom stereocenters. The Kier molecular flexibility index (Phi) is 3.78. The molecule has 1 aromatic rings. The number of rotatable bonds is 3. The number of carbonyl (C=O) groups excluding carboxylic acids is 1. The molecule has 1 aromatic carbocycles. The second kappa shape index (κ2) is 5.36. The van der Waals surface area contributed by atoms with Crippen molar-refractivity contribution in [3.05, 3.63) is 29.6 Å². The van der Waals surface area contributed by atoms with E-state index in [2.05, 4.69) is 10.5 Å². The molecule has 0 saturated heterocycles.